The number of nitrogens with zero attached hydrogens (tertiary/aromatic N) is 1. The minimum absolute atomic E-state index is 0.394. The zero-order valence-electron chi connectivity index (χ0n) is 11.3. The Morgan fingerprint density at radius 3 is 2.72 bits per heavy atom. The molecular formula is C15H21ClN2. The van der Waals surface area contributed by atoms with Gasteiger partial charge in [0.1, 0.15) is 0 Å². The average Bonchev–Trinajstić information content (AvgIpc) is 2.33. The second-order valence-electron chi connectivity index (χ2n) is 4.36. The quantitative estimate of drug-likeness (QED) is 0.829. The Hall–Kier alpha value is -1.41. The van der Waals surface area contributed by atoms with Crippen LogP contribution in [0.2, 0.25) is 5.02 Å². The summed E-state index contributed by atoms with van der Waals surface area (Å²) in [6.07, 6.45) is 3.76. The summed E-state index contributed by atoms with van der Waals surface area (Å²) in [7, 11) is 0. The predicted octanol–water partition coefficient (Wildman–Crippen LogP) is 4.19. The van der Waals surface area contributed by atoms with Gasteiger partial charge in [-0.05, 0) is 45.2 Å². The molecule has 0 saturated carbocycles. The number of halogens is 1. The molecule has 0 unspecified atom stereocenters. The summed E-state index contributed by atoms with van der Waals surface area (Å²) in [6, 6.07) is 8.33. The van der Waals surface area contributed by atoms with Gasteiger partial charge in [0.15, 0.2) is 0 Å². The fourth-order valence-electron chi connectivity index (χ4n) is 1.76. The summed E-state index contributed by atoms with van der Waals surface area (Å²) in [5.41, 5.74) is 2.25. The van der Waals surface area contributed by atoms with E-state index in [0.717, 1.165) is 23.0 Å². The van der Waals surface area contributed by atoms with E-state index in [1.807, 2.05) is 25.1 Å². The Morgan fingerprint density at radius 1 is 1.50 bits per heavy atom. The second kappa shape index (κ2) is 7.12. The highest BCUT2D eigenvalue weighted by atomic mass is 35.5. The molecule has 0 aromatic heterocycles. The van der Waals surface area contributed by atoms with Gasteiger partial charge in [-0.25, -0.2) is 0 Å². The van der Waals surface area contributed by atoms with E-state index in [4.69, 9.17) is 11.6 Å². The molecule has 0 spiro atoms. The first kappa shape index (κ1) is 14.7. The van der Waals surface area contributed by atoms with Gasteiger partial charge in [-0.2, -0.15) is 0 Å². The van der Waals surface area contributed by atoms with E-state index in [-0.39, 0.29) is 0 Å². The molecule has 2 nitrogen and oxygen atoms in total. The van der Waals surface area contributed by atoms with Gasteiger partial charge in [-0.1, -0.05) is 30.3 Å². The summed E-state index contributed by atoms with van der Waals surface area (Å²) < 4.78 is 0. The van der Waals surface area contributed by atoms with Crippen LogP contribution in [0.1, 0.15) is 20.8 Å². The van der Waals surface area contributed by atoms with Crippen molar-refractivity contribution in [2.75, 3.05) is 11.4 Å². The molecule has 0 aliphatic rings. The molecule has 0 fully saturated rings. The summed E-state index contributed by atoms with van der Waals surface area (Å²) in [5, 5.41) is 3.91. The molecule has 0 aliphatic carbocycles. The monoisotopic (exact) mass is 264 g/mol. The smallest absolute Gasteiger partial charge is 0.0579 e. The first-order chi connectivity index (χ1) is 8.58. The fourth-order valence-corrected chi connectivity index (χ4v) is 1.95. The molecule has 0 radical (unpaired) electrons. The maximum atomic E-state index is 6.05. The normalized spacial score (nSPS) is 11.5. The van der Waals surface area contributed by atoms with Gasteiger partial charge < -0.3 is 10.2 Å². The van der Waals surface area contributed by atoms with E-state index in [1.165, 1.54) is 0 Å². The lowest BCUT2D eigenvalue weighted by Gasteiger charge is -2.30. The number of hydrogen-bond acceptors (Lipinski definition) is 2. The van der Waals surface area contributed by atoms with Gasteiger partial charge in [-0.15, -0.1) is 0 Å². The van der Waals surface area contributed by atoms with Crippen molar-refractivity contribution in [3.63, 3.8) is 0 Å². The van der Waals surface area contributed by atoms with Crippen LogP contribution in [-0.2, 0) is 0 Å². The molecule has 18 heavy (non-hydrogen) atoms. The topological polar surface area (TPSA) is 15.3 Å². The van der Waals surface area contributed by atoms with Gasteiger partial charge in [-0.3, -0.25) is 0 Å². The molecule has 1 N–H and O–H groups in total. The molecule has 1 aromatic carbocycles. The highest BCUT2D eigenvalue weighted by Crippen LogP contribution is 2.22. The number of rotatable bonds is 6. The maximum absolute atomic E-state index is 6.05. The van der Waals surface area contributed by atoms with Crippen LogP contribution in [0.15, 0.2) is 48.8 Å². The number of anilines is 1. The predicted molar refractivity (Wildman–Crippen MR) is 81.0 cm³/mol. The molecule has 0 aliphatic heterocycles. The molecule has 0 heterocycles. The van der Waals surface area contributed by atoms with Gasteiger partial charge >= 0.3 is 0 Å². The Labute approximate surface area is 115 Å². The number of allylic oxidation sites excluding steroid dienone is 1. The van der Waals surface area contributed by atoms with Crippen molar-refractivity contribution in [2.45, 2.75) is 26.8 Å². The summed E-state index contributed by atoms with van der Waals surface area (Å²) in [6.45, 7) is 10.9. The van der Waals surface area contributed by atoms with E-state index >= 15 is 0 Å². The third-order valence-electron chi connectivity index (χ3n) is 2.74. The van der Waals surface area contributed by atoms with E-state index in [9.17, 15) is 0 Å². The van der Waals surface area contributed by atoms with Gasteiger partial charge in [0.2, 0.25) is 0 Å². The average molecular weight is 265 g/mol. The van der Waals surface area contributed by atoms with Crippen molar-refractivity contribution in [3.8, 4) is 0 Å². The highest BCUT2D eigenvalue weighted by Gasteiger charge is 2.12. The van der Waals surface area contributed by atoms with E-state index in [1.54, 1.807) is 6.20 Å². The molecular weight excluding hydrogens is 244 g/mol. The SMILES string of the molecule is C=CN/C(=C\C)CN(c1cccc(Cl)c1)C(C)C. The van der Waals surface area contributed by atoms with Crippen LogP contribution in [-0.4, -0.2) is 12.6 Å². The van der Waals surface area contributed by atoms with Crippen LogP contribution in [0.4, 0.5) is 5.69 Å². The van der Waals surface area contributed by atoms with Crippen molar-refractivity contribution in [1.29, 1.82) is 0 Å². The Balaban J connectivity index is 2.93. The van der Waals surface area contributed by atoms with Gasteiger partial charge in [0.05, 0.1) is 6.54 Å². The van der Waals surface area contributed by atoms with Crippen LogP contribution in [0.25, 0.3) is 0 Å². The molecule has 1 aromatic rings. The third kappa shape index (κ3) is 4.11. The molecule has 1 rings (SSSR count). The fraction of sp³-hybridized carbons (Fsp3) is 0.333. The molecule has 0 amide bonds. The van der Waals surface area contributed by atoms with Crippen LogP contribution in [0.3, 0.4) is 0 Å². The van der Waals surface area contributed by atoms with Crippen LogP contribution in [0, 0.1) is 0 Å². The Kier molecular flexibility index (Phi) is 5.79. The molecule has 0 saturated heterocycles. The maximum Gasteiger partial charge on any atom is 0.0579 e. The Morgan fingerprint density at radius 2 is 2.22 bits per heavy atom. The molecule has 3 heteroatoms. The van der Waals surface area contributed by atoms with Crippen molar-refractivity contribution in [1.82, 2.24) is 5.32 Å². The molecule has 98 valence electrons. The third-order valence-corrected chi connectivity index (χ3v) is 2.97. The zero-order chi connectivity index (χ0) is 13.5. The lowest BCUT2D eigenvalue weighted by Crippen LogP contribution is -2.34. The molecule has 0 bridgehead atoms. The Bertz CT molecular complexity index is 424. The first-order valence-electron chi connectivity index (χ1n) is 6.13. The van der Waals surface area contributed by atoms with Crippen molar-refractivity contribution < 1.29 is 0 Å². The largest absolute Gasteiger partial charge is 0.364 e. The minimum atomic E-state index is 0.394. The van der Waals surface area contributed by atoms with Crippen LogP contribution < -0.4 is 10.2 Å². The van der Waals surface area contributed by atoms with E-state index in [0.29, 0.717) is 6.04 Å². The highest BCUT2D eigenvalue weighted by molar-refractivity contribution is 6.30. The minimum Gasteiger partial charge on any atom is -0.364 e. The summed E-state index contributed by atoms with van der Waals surface area (Å²) >= 11 is 6.05. The van der Waals surface area contributed by atoms with Crippen LogP contribution in [0.5, 0.6) is 0 Å². The number of nitrogens with one attached hydrogen (secondary N) is 1. The zero-order valence-corrected chi connectivity index (χ0v) is 12.0. The van der Waals surface area contributed by atoms with Gasteiger partial charge in [0.25, 0.3) is 0 Å². The van der Waals surface area contributed by atoms with Crippen molar-refractivity contribution in [2.24, 2.45) is 0 Å². The van der Waals surface area contributed by atoms with E-state index in [2.05, 4.69) is 42.8 Å². The molecule has 0 atom stereocenters. The summed E-state index contributed by atoms with van der Waals surface area (Å²) in [4.78, 5) is 2.29. The number of hydrogen-bond donors (Lipinski definition) is 1. The lowest BCUT2D eigenvalue weighted by atomic mass is 10.2. The van der Waals surface area contributed by atoms with E-state index < -0.39 is 0 Å². The van der Waals surface area contributed by atoms with Crippen molar-refractivity contribution in [3.05, 3.63) is 53.8 Å². The standard InChI is InChI=1S/C15H21ClN2/c1-5-14(17-6-2)11-18(12(3)4)15-9-7-8-13(16)10-15/h5-10,12,17H,2,11H2,1,3-4H3/b14-5-. The lowest BCUT2D eigenvalue weighted by molar-refractivity contribution is 0.699. The second-order valence-corrected chi connectivity index (χ2v) is 4.80. The first-order valence-corrected chi connectivity index (χ1v) is 6.51. The van der Waals surface area contributed by atoms with Crippen LogP contribution >= 0.6 is 11.6 Å². The number of benzene rings is 1. The van der Waals surface area contributed by atoms with Gasteiger partial charge in [0, 0.05) is 22.4 Å². The van der Waals surface area contributed by atoms with Crippen molar-refractivity contribution >= 4 is 17.3 Å². The summed E-state index contributed by atoms with van der Waals surface area (Å²) in [5.74, 6) is 0.